The Morgan fingerprint density at radius 1 is 1.40 bits per heavy atom. The number of furan rings is 1. The van der Waals surface area contributed by atoms with Gasteiger partial charge in [0.25, 0.3) is 0 Å². The molecular formula is C11H13Br2NO. The Hall–Kier alpha value is -0.240. The van der Waals surface area contributed by atoms with E-state index in [9.17, 15) is 0 Å². The molecule has 15 heavy (non-hydrogen) atoms. The van der Waals surface area contributed by atoms with Crippen molar-refractivity contribution in [1.29, 1.82) is 0 Å². The molecule has 1 rings (SSSR count). The molecule has 0 spiro atoms. The number of halogens is 2. The summed E-state index contributed by atoms with van der Waals surface area (Å²) in [7, 11) is 0. The summed E-state index contributed by atoms with van der Waals surface area (Å²) in [6, 6.07) is 1.96. The molecule has 4 heteroatoms. The number of hydrogen-bond donors (Lipinski definition) is 1. The standard InChI is InChI=1S/C11H13Br2NO/c1-2-3-4-5-6-14-8-9-7-10(12)11(13)15-9/h1,7,14H,3-6,8H2. The number of rotatable bonds is 6. The molecule has 1 heterocycles. The fourth-order valence-electron chi connectivity index (χ4n) is 1.17. The van der Waals surface area contributed by atoms with Gasteiger partial charge in [-0.2, -0.15) is 0 Å². The van der Waals surface area contributed by atoms with Crippen LogP contribution in [0.4, 0.5) is 0 Å². The fraction of sp³-hybridized carbons (Fsp3) is 0.455. The van der Waals surface area contributed by atoms with E-state index >= 15 is 0 Å². The van der Waals surface area contributed by atoms with Gasteiger partial charge < -0.3 is 9.73 Å². The van der Waals surface area contributed by atoms with Crippen molar-refractivity contribution in [2.75, 3.05) is 6.54 Å². The van der Waals surface area contributed by atoms with Crippen LogP contribution in [0.15, 0.2) is 19.6 Å². The van der Waals surface area contributed by atoms with Crippen LogP contribution in [0, 0.1) is 12.3 Å². The topological polar surface area (TPSA) is 25.2 Å². The molecule has 0 fully saturated rings. The summed E-state index contributed by atoms with van der Waals surface area (Å²) >= 11 is 6.66. The highest BCUT2D eigenvalue weighted by Crippen LogP contribution is 2.26. The largest absolute Gasteiger partial charge is 0.452 e. The molecule has 0 aromatic carbocycles. The minimum atomic E-state index is 0.742. The van der Waals surface area contributed by atoms with Crippen molar-refractivity contribution in [3.8, 4) is 12.3 Å². The summed E-state index contributed by atoms with van der Waals surface area (Å²) in [6.45, 7) is 1.72. The summed E-state index contributed by atoms with van der Waals surface area (Å²) < 4.78 is 7.11. The minimum absolute atomic E-state index is 0.742. The Kier molecular flexibility index (Phi) is 6.07. The number of unbranched alkanes of at least 4 members (excludes halogenated alkanes) is 2. The van der Waals surface area contributed by atoms with Gasteiger partial charge in [0.1, 0.15) is 5.76 Å². The molecule has 0 aliphatic heterocycles. The predicted octanol–water partition coefficient (Wildman–Crippen LogP) is 3.70. The Morgan fingerprint density at radius 2 is 2.20 bits per heavy atom. The van der Waals surface area contributed by atoms with Gasteiger partial charge in [0.2, 0.25) is 0 Å². The van der Waals surface area contributed by atoms with Crippen LogP contribution in [0.1, 0.15) is 25.0 Å². The van der Waals surface area contributed by atoms with Gasteiger partial charge in [-0.25, -0.2) is 0 Å². The third kappa shape index (κ3) is 4.87. The van der Waals surface area contributed by atoms with Gasteiger partial charge in [-0.15, -0.1) is 12.3 Å². The van der Waals surface area contributed by atoms with Gasteiger partial charge in [-0.05, 0) is 57.3 Å². The van der Waals surface area contributed by atoms with Crippen LogP contribution in [-0.2, 0) is 6.54 Å². The Labute approximate surface area is 107 Å². The number of terminal acetylenes is 1. The quantitative estimate of drug-likeness (QED) is 0.634. The number of nitrogens with one attached hydrogen (secondary N) is 1. The molecule has 1 aromatic rings. The van der Waals surface area contributed by atoms with Crippen LogP contribution >= 0.6 is 31.9 Å². The van der Waals surface area contributed by atoms with Crippen LogP contribution in [0.5, 0.6) is 0 Å². The van der Waals surface area contributed by atoms with Crippen molar-refractivity contribution >= 4 is 31.9 Å². The van der Waals surface area contributed by atoms with Crippen molar-refractivity contribution in [3.05, 3.63) is 21.0 Å². The maximum atomic E-state index is 5.42. The highest BCUT2D eigenvalue weighted by atomic mass is 79.9. The first-order valence-electron chi connectivity index (χ1n) is 4.82. The summed E-state index contributed by atoms with van der Waals surface area (Å²) in [5, 5.41) is 3.30. The third-order valence-electron chi connectivity index (χ3n) is 1.92. The Morgan fingerprint density at radius 3 is 2.80 bits per heavy atom. The monoisotopic (exact) mass is 333 g/mol. The van der Waals surface area contributed by atoms with Crippen LogP contribution in [0.25, 0.3) is 0 Å². The van der Waals surface area contributed by atoms with Crippen LogP contribution in [-0.4, -0.2) is 6.54 Å². The van der Waals surface area contributed by atoms with Crippen LogP contribution < -0.4 is 5.32 Å². The molecule has 0 saturated heterocycles. The highest BCUT2D eigenvalue weighted by Gasteiger charge is 2.04. The van der Waals surface area contributed by atoms with E-state index in [-0.39, 0.29) is 0 Å². The smallest absolute Gasteiger partial charge is 0.183 e. The SMILES string of the molecule is C#CCCCCNCc1cc(Br)c(Br)o1. The van der Waals surface area contributed by atoms with E-state index < -0.39 is 0 Å². The van der Waals surface area contributed by atoms with Gasteiger partial charge >= 0.3 is 0 Å². The maximum Gasteiger partial charge on any atom is 0.183 e. The van der Waals surface area contributed by atoms with Crippen molar-refractivity contribution in [2.45, 2.75) is 25.8 Å². The molecular weight excluding hydrogens is 322 g/mol. The first-order valence-corrected chi connectivity index (χ1v) is 6.40. The molecule has 0 radical (unpaired) electrons. The lowest BCUT2D eigenvalue weighted by Gasteiger charge is -2.00. The predicted molar refractivity (Wildman–Crippen MR) is 68.5 cm³/mol. The lowest BCUT2D eigenvalue weighted by molar-refractivity contribution is 0.462. The molecule has 82 valence electrons. The second-order valence-electron chi connectivity index (χ2n) is 3.17. The molecule has 0 amide bonds. The lowest BCUT2D eigenvalue weighted by Crippen LogP contribution is -2.13. The second-order valence-corrected chi connectivity index (χ2v) is 4.75. The van der Waals surface area contributed by atoms with Gasteiger partial charge in [0.05, 0.1) is 11.0 Å². The van der Waals surface area contributed by atoms with Gasteiger partial charge in [0, 0.05) is 6.42 Å². The van der Waals surface area contributed by atoms with Gasteiger partial charge in [0.15, 0.2) is 4.67 Å². The fourth-order valence-corrected chi connectivity index (χ4v) is 1.83. The zero-order chi connectivity index (χ0) is 11.1. The van der Waals surface area contributed by atoms with E-state index in [4.69, 9.17) is 10.8 Å². The van der Waals surface area contributed by atoms with E-state index in [1.165, 1.54) is 0 Å². The molecule has 1 N–H and O–H groups in total. The third-order valence-corrected chi connectivity index (χ3v) is 3.63. The maximum absolute atomic E-state index is 5.42. The van der Waals surface area contributed by atoms with E-state index in [1.807, 2.05) is 6.07 Å². The molecule has 0 atom stereocenters. The van der Waals surface area contributed by atoms with Gasteiger partial charge in [-0.1, -0.05) is 0 Å². The average Bonchev–Trinajstić information content (AvgIpc) is 2.52. The molecule has 0 saturated carbocycles. The zero-order valence-corrected chi connectivity index (χ0v) is 11.5. The zero-order valence-electron chi connectivity index (χ0n) is 8.35. The summed E-state index contributed by atoms with van der Waals surface area (Å²) in [4.78, 5) is 0. The number of hydrogen-bond acceptors (Lipinski definition) is 2. The van der Waals surface area contributed by atoms with E-state index in [1.54, 1.807) is 0 Å². The average molecular weight is 335 g/mol. The van der Waals surface area contributed by atoms with Crippen molar-refractivity contribution < 1.29 is 4.42 Å². The molecule has 2 nitrogen and oxygen atoms in total. The molecule has 0 unspecified atom stereocenters. The Balaban J connectivity index is 2.13. The van der Waals surface area contributed by atoms with E-state index in [0.717, 1.165) is 47.3 Å². The molecule has 1 aromatic heterocycles. The first-order chi connectivity index (χ1) is 7.24. The summed E-state index contributed by atoms with van der Waals surface area (Å²) in [6.07, 6.45) is 8.20. The Bertz CT molecular complexity index is 321. The lowest BCUT2D eigenvalue weighted by atomic mass is 10.2. The van der Waals surface area contributed by atoms with Crippen molar-refractivity contribution in [1.82, 2.24) is 5.32 Å². The summed E-state index contributed by atoms with van der Waals surface area (Å²) in [5.41, 5.74) is 0. The van der Waals surface area contributed by atoms with E-state index in [0.29, 0.717) is 0 Å². The van der Waals surface area contributed by atoms with Crippen LogP contribution in [0.2, 0.25) is 0 Å². The highest BCUT2D eigenvalue weighted by molar-refractivity contribution is 9.13. The summed E-state index contributed by atoms with van der Waals surface area (Å²) in [5.74, 6) is 3.55. The van der Waals surface area contributed by atoms with Crippen LogP contribution in [0.3, 0.4) is 0 Å². The molecule has 0 bridgehead atoms. The van der Waals surface area contributed by atoms with E-state index in [2.05, 4.69) is 43.1 Å². The molecule has 0 aliphatic carbocycles. The molecule has 0 aliphatic rings. The minimum Gasteiger partial charge on any atom is -0.452 e. The van der Waals surface area contributed by atoms with Gasteiger partial charge in [-0.3, -0.25) is 0 Å². The second kappa shape index (κ2) is 7.10. The van der Waals surface area contributed by atoms with Crippen molar-refractivity contribution in [2.24, 2.45) is 0 Å². The normalized spacial score (nSPS) is 10.2. The van der Waals surface area contributed by atoms with Crippen molar-refractivity contribution in [3.63, 3.8) is 0 Å². The first kappa shape index (κ1) is 12.8.